The Balaban J connectivity index is 1.57. The van der Waals surface area contributed by atoms with Gasteiger partial charge in [-0.3, -0.25) is 9.48 Å². The highest BCUT2D eigenvalue weighted by atomic mass is 16.3. The van der Waals surface area contributed by atoms with Crippen LogP contribution in [0.2, 0.25) is 0 Å². The number of hydrogen-bond donors (Lipinski definition) is 1. The van der Waals surface area contributed by atoms with E-state index in [0.717, 1.165) is 17.8 Å². The molecule has 1 saturated heterocycles. The Bertz CT molecular complexity index is 948. The number of hydrogen-bond acceptors (Lipinski definition) is 6. The van der Waals surface area contributed by atoms with Crippen molar-refractivity contribution < 1.29 is 9.90 Å². The Morgan fingerprint density at radius 1 is 1.27 bits per heavy atom. The average Bonchev–Trinajstić information content (AvgIpc) is 3.35. The predicted molar refractivity (Wildman–Crippen MR) is 92.1 cm³/mol. The lowest BCUT2D eigenvalue weighted by Gasteiger charge is -2.18. The van der Waals surface area contributed by atoms with E-state index in [9.17, 15) is 9.90 Å². The van der Waals surface area contributed by atoms with E-state index in [1.165, 1.54) is 17.1 Å². The third-order valence-electron chi connectivity index (χ3n) is 4.67. The largest absolute Gasteiger partial charge is 0.507 e. The van der Waals surface area contributed by atoms with Gasteiger partial charge in [-0.15, -0.1) is 5.10 Å². The highest BCUT2D eigenvalue weighted by molar-refractivity contribution is 5.97. The Labute approximate surface area is 149 Å². The van der Waals surface area contributed by atoms with Crippen molar-refractivity contribution in [2.75, 3.05) is 13.1 Å². The number of benzene rings is 1. The molecule has 1 aliphatic rings. The number of likely N-dealkylation sites (tertiary alicyclic amines) is 1. The molecular formula is C17H19N7O2. The van der Waals surface area contributed by atoms with Crippen LogP contribution in [-0.4, -0.2) is 59.0 Å². The molecule has 0 unspecified atom stereocenters. The van der Waals surface area contributed by atoms with Crippen molar-refractivity contribution >= 4 is 5.91 Å². The summed E-state index contributed by atoms with van der Waals surface area (Å²) in [5.41, 5.74) is 2.92. The molecule has 1 fully saturated rings. The maximum absolute atomic E-state index is 12.9. The lowest BCUT2D eigenvalue weighted by atomic mass is 10.1. The van der Waals surface area contributed by atoms with Crippen LogP contribution in [-0.2, 0) is 0 Å². The number of phenolic OH excluding ortho intramolecular Hbond substituents is 1. The molecule has 9 nitrogen and oxygen atoms in total. The van der Waals surface area contributed by atoms with Crippen LogP contribution in [0.15, 0.2) is 30.6 Å². The summed E-state index contributed by atoms with van der Waals surface area (Å²) in [7, 11) is 0. The zero-order valence-corrected chi connectivity index (χ0v) is 14.6. The number of carbonyl (C=O) groups excluding carboxylic acids is 1. The van der Waals surface area contributed by atoms with Gasteiger partial charge in [0.15, 0.2) is 0 Å². The van der Waals surface area contributed by atoms with Gasteiger partial charge in [0.25, 0.3) is 5.91 Å². The fourth-order valence-electron chi connectivity index (χ4n) is 3.43. The third kappa shape index (κ3) is 2.81. The van der Waals surface area contributed by atoms with Gasteiger partial charge in [0.05, 0.1) is 23.0 Å². The fraction of sp³-hybridized carbons (Fsp3) is 0.353. The topological polar surface area (TPSA) is 102 Å². The number of tetrazole rings is 1. The number of aromatic hydroxyl groups is 1. The van der Waals surface area contributed by atoms with Crippen LogP contribution in [0.25, 0.3) is 5.69 Å². The minimum Gasteiger partial charge on any atom is -0.507 e. The Kier molecular flexibility index (Phi) is 3.90. The van der Waals surface area contributed by atoms with Gasteiger partial charge in [0.1, 0.15) is 12.1 Å². The van der Waals surface area contributed by atoms with Gasteiger partial charge in [-0.1, -0.05) is 0 Å². The smallest absolute Gasteiger partial charge is 0.257 e. The number of aromatic nitrogens is 6. The molecule has 3 heterocycles. The molecular weight excluding hydrogens is 334 g/mol. The van der Waals surface area contributed by atoms with E-state index in [2.05, 4.69) is 20.6 Å². The standard InChI is InChI=1S/C17H19N7O2/c1-11-7-12(2)24(19-11)14-5-6-22(9-14)17(26)15-8-13(3-4-16(15)25)23-10-18-20-21-23/h3-4,7-8,10,14,25H,5-6,9H2,1-2H3/t14-/m1/s1. The van der Waals surface area contributed by atoms with Crippen LogP contribution >= 0.6 is 0 Å². The number of rotatable bonds is 3. The minimum atomic E-state index is -0.207. The van der Waals surface area contributed by atoms with Crippen molar-refractivity contribution in [3.63, 3.8) is 0 Å². The maximum Gasteiger partial charge on any atom is 0.257 e. The molecule has 0 spiro atoms. The van der Waals surface area contributed by atoms with E-state index >= 15 is 0 Å². The summed E-state index contributed by atoms with van der Waals surface area (Å²) in [4.78, 5) is 14.7. The monoisotopic (exact) mass is 353 g/mol. The molecule has 1 amide bonds. The molecule has 1 atom stereocenters. The van der Waals surface area contributed by atoms with E-state index in [0.29, 0.717) is 18.8 Å². The first kappa shape index (κ1) is 16.2. The first-order valence-electron chi connectivity index (χ1n) is 8.41. The van der Waals surface area contributed by atoms with Gasteiger partial charge in [0.2, 0.25) is 0 Å². The summed E-state index contributed by atoms with van der Waals surface area (Å²) in [5.74, 6) is -0.261. The number of phenols is 1. The zero-order chi connectivity index (χ0) is 18.3. The molecule has 3 aromatic rings. The molecule has 2 aromatic heterocycles. The average molecular weight is 353 g/mol. The molecule has 1 N–H and O–H groups in total. The summed E-state index contributed by atoms with van der Waals surface area (Å²) in [6, 6.07) is 6.93. The van der Waals surface area contributed by atoms with E-state index < -0.39 is 0 Å². The molecule has 9 heteroatoms. The van der Waals surface area contributed by atoms with Crippen LogP contribution in [0.1, 0.15) is 34.2 Å². The Morgan fingerprint density at radius 2 is 2.12 bits per heavy atom. The predicted octanol–water partition coefficient (Wildman–Crippen LogP) is 1.27. The maximum atomic E-state index is 12.9. The molecule has 0 radical (unpaired) electrons. The SMILES string of the molecule is Cc1cc(C)n([C@@H]2CCN(C(=O)c3cc(-n4cnnn4)ccc3O)C2)n1. The lowest BCUT2D eigenvalue weighted by molar-refractivity contribution is 0.0784. The number of nitrogens with zero attached hydrogens (tertiary/aromatic N) is 7. The highest BCUT2D eigenvalue weighted by Crippen LogP contribution is 2.27. The van der Waals surface area contributed by atoms with Gasteiger partial charge < -0.3 is 10.0 Å². The number of aryl methyl sites for hydroxylation is 2. The number of amides is 1. The van der Waals surface area contributed by atoms with Gasteiger partial charge in [0, 0.05) is 18.8 Å². The Hall–Kier alpha value is -3.23. The third-order valence-corrected chi connectivity index (χ3v) is 4.67. The van der Waals surface area contributed by atoms with Gasteiger partial charge in [-0.25, -0.2) is 4.68 Å². The van der Waals surface area contributed by atoms with E-state index in [1.807, 2.05) is 24.6 Å². The summed E-state index contributed by atoms with van der Waals surface area (Å²) in [6.45, 7) is 5.17. The van der Waals surface area contributed by atoms with Gasteiger partial charge >= 0.3 is 0 Å². The van der Waals surface area contributed by atoms with E-state index in [-0.39, 0.29) is 23.3 Å². The second-order valence-electron chi connectivity index (χ2n) is 6.52. The van der Waals surface area contributed by atoms with Crippen LogP contribution in [0.4, 0.5) is 0 Å². The summed E-state index contributed by atoms with van der Waals surface area (Å²) in [5, 5.41) is 25.7. The Morgan fingerprint density at radius 3 is 2.81 bits per heavy atom. The molecule has 134 valence electrons. The van der Waals surface area contributed by atoms with Crippen molar-refractivity contribution in [2.45, 2.75) is 26.3 Å². The first-order valence-corrected chi connectivity index (χ1v) is 8.41. The van der Waals surface area contributed by atoms with Crippen LogP contribution in [0.5, 0.6) is 5.75 Å². The minimum absolute atomic E-state index is 0.0543. The van der Waals surface area contributed by atoms with Gasteiger partial charge in [-0.2, -0.15) is 5.10 Å². The number of carbonyl (C=O) groups is 1. The first-order chi connectivity index (χ1) is 12.5. The molecule has 1 aromatic carbocycles. The summed E-state index contributed by atoms with van der Waals surface area (Å²) >= 11 is 0. The second kappa shape index (κ2) is 6.25. The van der Waals surface area contributed by atoms with E-state index in [1.54, 1.807) is 17.0 Å². The van der Waals surface area contributed by atoms with Crippen molar-refractivity contribution in [1.29, 1.82) is 0 Å². The van der Waals surface area contributed by atoms with E-state index in [4.69, 9.17) is 0 Å². The summed E-state index contributed by atoms with van der Waals surface area (Å²) < 4.78 is 3.43. The highest BCUT2D eigenvalue weighted by Gasteiger charge is 2.30. The molecule has 1 aliphatic heterocycles. The fourth-order valence-corrected chi connectivity index (χ4v) is 3.43. The van der Waals surface area contributed by atoms with Crippen molar-refractivity contribution in [3.8, 4) is 11.4 Å². The van der Waals surface area contributed by atoms with Crippen molar-refractivity contribution in [2.24, 2.45) is 0 Å². The quantitative estimate of drug-likeness (QED) is 0.761. The molecule has 26 heavy (non-hydrogen) atoms. The normalized spacial score (nSPS) is 17.0. The summed E-state index contributed by atoms with van der Waals surface area (Å²) in [6.07, 6.45) is 2.27. The van der Waals surface area contributed by atoms with Gasteiger partial charge in [-0.05, 0) is 55.0 Å². The van der Waals surface area contributed by atoms with Crippen LogP contribution < -0.4 is 0 Å². The molecule has 4 rings (SSSR count). The molecule has 0 bridgehead atoms. The molecule has 0 aliphatic carbocycles. The van der Waals surface area contributed by atoms with Crippen molar-refractivity contribution in [3.05, 3.63) is 47.5 Å². The zero-order valence-electron chi connectivity index (χ0n) is 14.6. The van der Waals surface area contributed by atoms with Crippen LogP contribution in [0, 0.1) is 13.8 Å². The van der Waals surface area contributed by atoms with Crippen molar-refractivity contribution in [1.82, 2.24) is 34.9 Å². The molecule has 0 saturated carbocycles. The van der Waals surface area contributed by atoms with Crippen LogP contribution in [0.3, 0.4) is 0 Å². The lowest BCUT2D eigenvalue weighted by Crippen LogP contribution is -2.29. The second-order valence-corrected chi connectivity index (χ2v) is 6.52.